The van der Waals surface area contributed by atoms with Crippen molar-refractivity contribution in [1.29, 1.82) is 0 Å². The average Bonchev–Trinajstić information content (AvgIpc) is 2.37. The number of halogens is 2. The second kappa shape index (κ2) is 6.00. The van der Waals surface area contributed by atoms with Crippen LogP contribution in [0.25, 0.3) is 0 Å². The maximum absolute atomic E-state index is 6.32. The highest BCUT2D eigenvalue weighted by Gasteiger charge is 2.20. The van der Waals surface area contributed by atoms with E-state index in [-0.39, 0.29) is 0 Å². The van der Waals surface area contributed by atoms with E-state index in [2.05, 4.69) is 11.1 Å². The lowest BCUT2D eigenvalue weighted by Gasteiger charge is -2.19. The summed E-state index contributed by atoms with van der Waals surface area (Å²) in [5, 5.41) is 0.936. The number of pyridine rings is 1. The van der Waals surface area contributed by atoms with Gasteiger partial charge in [0.2, 0.25) is 0 Å². The Kier molecular flexibility index (Phi) is 4.53. The molecule has 0 aliphatic rings. The Labute approximate surface area is 128 Å². The van der Waals surface area contributed by atoms with Crippen molar-refractivity contribution in [3.05, 3.63) is 56.8 Å². The molecule has 0 bridgehead atoms. The van der Waals surface area contributed by atoms with E-state index >= 15 is 0 Å². The van der Waals surface area contributed by atoms with E-state index in [0.717, 1.165) is 22.4 Å². The van der Waals surface area contributed by atoms with Gasteiger partial charge in [-0.3, -0.25) is 4.98 Å². The van der Waals surface area contributed by atoms with Crippen LogP contribution in [0.3, 0.4) is 0 Å². The molecular weight excluding hydrogens is 295 g/mol. The first-order valence-electron chi connectivity index (χ1n) is 6.15. The highest BCUT2D eigenvalue weighted by molar-refractivity contribution is 6.34. The van der Waals surface area contributed by atoms with Crippen LogP contribution in [0.15, 0.2) is 24.4 Å². The predicted octanol–water partition coefficient (Wildman–Crippen LogP) is 4.06. The van der Waals surface area contributed by atoms with E-state index in [1.54, 1.807) is 19.4 Å². The van der Waals surface area contributed by atoms with Crippen LogP contribution in [0.4, 0.5) is 0 Å². The first-order chi connectivity index (χ1) is 9.43. The molecule has 2 rings (SSSR count). The number of ether oxygens (including phenoxy) is 1. The van der Waals surface area contributed by atoms with Crippen LogP contribution in [0, 0.1) is 13.8 Å². The van der Waals surface area contributed by atoms with Gasteiger partial charge >= 0.3 is 0 Å². The molecule has 3 nitrogen and oxygen atoms in total. The highest BCUT2D eigenvalue weighted by atomic mass is 35.5. The minimum Gasteiger partial charge on any atom is -0.496 e. The number of hydrogen-bond acceptors (Lipinski definition) is 3. The lowest BCUT2D eigenvalue weighted by atomic mass is 9.96. The van der Waals surface area contributed by atoms with Crippen LogP contribution in [0.2, 0.25) is 10.0 Å². The normalized spacial score (nSPS) is 12.3. The van der Waals surface area contributed by atoms with Crippen molar-refractivity contribution in [3.63, 3.8) is 0 Å². The van der Waals surface area contributed by atoms with Gasteiger partial charge in [0.05, 0.1) is 28.9 Å². The van der Waals surface area contributed by atoms with E-state index in [0.29, 0.717) is 15.7 Å². The van der Waals surface area contributed by atoms with Crippen molar-refractivity contribution < 1.29 is 4.74 Å². The number of nitrogens with two attached hydrogens (primary N) is 1. The molecule has 1 aromatic carbocycles. The standard InChI is InChI=1S/C15H16Cl2N2O/c1-8-4-9(2)13(12(5-8)20-3)14(18)15-11(17)6-10(16)7-19-15/h4-7,14H,18H2,1-3H3. The second-order valence-electron chi connectivity index (χ2n) is 4.70. The maximum Gasteiger partial charge on any atom is 0.124 e. The number of aromatic nitrogens is 1. The molecule has 1 heterocycles. The van der Waals surface area contributed by atoms with E-state index in [4.69, 9.17) is 33.7 Å². The molecule has 1 atom stereocenters. The quantitative estimate of drug-likeness (QED) is 0.930. The van der Waals surface area contributed by atoms with Gasteiger partial charge in [-0.25, -0.2) is 0 Å². The molecule has 0 fully saturated rings. The van der Waals surface area contributed by atoms with Crippen molar-refractivity contribution in [3.8, 4) is 5.75 Å². The van der Waals surface area contributed by atoms with Crippen LogP contribution in [0.5, 0.6) is 5.75 Å². The molecule has 0 amide bonds. The van der Waals surface area contributed by atoms with E-state index in [9.17, 15) is 0 Å². The van der Waals surface area contributed by atoms with Gasteiger partial charge < -0.3 is 10.5 Å². The highest BCUT2D eigenvalue weighted by Crippen LogP contribution is 2.34. The van der Waals surface area contributed by atoms with Gasteiger partial charge in [0.1, 0.15) is 5.75 Å². The van der Waals surface area contributed by atoms with Gasteiger partial charge in [-0.15, -0.1) is 0 Å². The summed E-state index contributed by atoms with van der Waals surface area (Å²) in [4.78, 5) is 4.25. The Hall–Kier alpha value is -1.29. The summed E-state index contributed by atoms with van der Waals surface area (Å²) < 4.78 is 5.44. The molecule has 1 aromatic heterocycles. The summed E-state index contributed by atoms with van der Waals surface area (Å²) in [6, 6.07) is 5.19. The zero-order valence-electron chi connectivity index (χ0n) is 11.6. The van der Waals surface area contributed by atoms with Crippen molar-refractivity contribution in [2.24, 2.45) is 5.73 Å². The van der Waals surface area contributed by atoms with Crippen LogP contribution >= 0.6 is 23.2 Å². The Morgan fingerprint density at radius 2 is 1.90 bits per heavy atom. The van der Waals surface area contributed by atoms with Gasteiger partial charge in [-0.1, -0.05) is 29.3 Å². The third-order valence-electron chi connectivity index (χ3n) is 3.16. The lowest BCUT2D eigenvalue weighted by molar-refractivity contribution is 0.406. The van der Waals surface area contributed by atoms with E-state index in [1.165, 1.54) is 0 Å². The molecule has 2 aromatic rings. The molecular formula is C15H16Cl2N2O. The average molecular weight is 311 g/mol. The molecule has 20 heavy (non-hydrogen) atoms. The van der Waals surface area contributed by atoms with Crippen molar-refractivity contribution in [2.75, 3.05) is 7.11 Å². The number of nitrogens with zero attached hydrogens (tertiary/aromatic N) is 1. The third-order valence-corrected chi connectivity index (χ3v) is 3.66. The number of rotatable bonds is 3. The zero-order valence-corrected chi connectivity index (χ0v) is 13.1. The molecule has 1 unspecified atom stereocenters. The first-order valence-corrected chi connectivity index (χ1v) is 6.91. The van der Waals surface area contributed by atoms with Gasteiger partial charge in [-0.2, -0.15) is 0 Å². The monoisotopic (exact) mass is 310 g/mol. The molecule has 0 saturated carbocycles. The number of aryl methyl sites for hydroxylation is 2. The lowest BCUT2D eigenvalue weighted by Crippen LogP contribution is -2.16. The van der Waals surface area contributed by atoms with E-state index in [1.807, 2.05) is 19.9 Å². The van der Waals surface area contributed by atoms with Crippen molar-refractivity contribution in [1.82, 2.24) is 4.98 Å². The van der Waals surface area contributed by atoms with Crippen molar-refractivity contribution >= 4 is 23.2 Å². The molecule has 106 valence electrons. The smallest absolute Gasteiger partial charge is 0.124 e. The molecule has 0 spiro atoms. The summed E-state index contributed by atoms with van der Waals surface area (Å²) in [7, 11) is 1.63. The van der Waals surface area contributed by atoms with Crippen molar-refractivity contribution in [2.45, 2.75) is 19.9 Å². The molecule has 0 saturated heterocycles. The largest absolute Gasteiger partial charge is 0.496 e. The third kappa shape index (κ3) is 2.90. The Morgan fingerprint density at radius 1 is 1.20 bits per heavy atom. The predicted molar refractivity (Wildman–Crippen MR) is 82.8 cm³/mol. The Balaban J connectivity index is 2.55. The van der Waals surface area contributed by atoms with Gasteiger partial charge in [0.25, 0.3) is 0 Å². The minimum atomic E-state index is -0.463. The number of hydrogen-bond donors (Lipinski definition) is 1. The van der Waals surface area contributed by atoms with Crippen LogP contribution in [-0.2, 0) is 0 Å². The van der Waals surface area contributed by atoms with Crippen LogP contribution in [0.1, 0.15) is 28.4 Å². The second-order valence-corrected chi connectivity index (χ2v) is 5.54. The molecule has 0 aliphatic heterocycles. The molecule has 0 aliphatic carbocycles. The summed E-state index contributed by atoms with van der Waals surface area (Å²) >= 11 is 12.1. The summed E-state index contributed by atoms with van der Waals surface area (Å²) in [5.41, 5.74) is 9.95. The van der Waals surface area contributed by atoms with Gasteiger partial charge in [-0.05, 0) is 37.1 Å². The Morgan fingerprint density at radius 3 is 2.50 bits per heavy atom. The number of methoxy groups -OCH3 is 1. The first kappa shape index (κ1) is 15.1. The minimum absolute atomic E-state index is 0.451. The Bertz CT molecular complexity index is 644. The van der Waals surface area contributed by atoms with Crippen LogP contribution < -0.4 is 10.5 Å². The van der Waals surface area contributed by atoms with E-state index < -0.39 is 6.04 Å². The summed E-state index contributed by atoms with van der Waals surface area (Å²) in [6.07, 6.45) is 1.54. The van der Waals surface area contributed by atoms with Gasteiger partial charge in [0.15, 0.2) is 0 Å². The summed E-state index contributed by atoms with van der Waals surface area (Å²) in [6.45, 7) is 4.01. The fourth-order valence-corrected chi connectivity index (χ4v) is 2.80. The topological polar surface area (TPSA) is 48.1 Å². The van der Waals surface area contributed by atoms with Gasteiger partial charge in [0, 0.05) is 11.8 Å². The summed E-state index contributed by atoms with van der Waals surface area (Å²) in [5.74, 6) is 0.739. The molecule has 2 N–H and O–H groups in total. The number of benzene rings is 1. The fourth-order valence-electron chi connectivity index (χ4n) is 2.30. The SMILES string of the molecule is COc1cc(C)cc(C)c1C(N)c1ncc(Cl)cc1Cl. The maximum atomic E-state index is 6.32. The molecule has 0 radical (unpaired) electrons. The fraction of sp³-hybridized carbons (Fsp3) is 0.267. The van der Waals surface area contributed by atoms with Crippen LogP contribution in [-0.4, -0.2) is 12.1 Å². The molecule has 5 heteroatoms. The zero-order chi connectivity index (χ0) is 14.9.